The number of benzene rings is 2. The van der Waals surface area contributed by atoms with Gasteiger partial charge in [0.15, 0.2) is 5.70 Å². The van der Waals surface area contributed by atoms with Gasteiger partial charge in [-0.1, -0.05) is 12.1 Å². The van der Waals surface area contributed by atoms with E-state index in [0.29, 0.717) is 17.5 Å². The molecular weight excluding hydrogens is 335 g/mol. The minimum atomic E-state index is -0.553. The number of rotatable bonds is 3. The molecule has 0 aliphatic carbocycles. The lowest BCUT2D eigenvalue weighted by atomic mass is 10.2. The van der Waals surface area contributed by atoms with E-state index in [0.717, 1.165) is 18.7 Å². The van der Waals surface area contributed by atoms with E-state index in [1.54, 1.807) is 35.2 Å². The molecule has 0 bridgehead atoms. The first-order chi connectivity index (χ1) is 12.6. The summed E-state index contributed by atoms with van der Waals surface area (Å²) < 4.78 is 18.2. The van der Waals surface area contributed by atoms with Crippen LogP contribution in [0.1, 0.15) is 24.0 Å². The van der Waals surface area contributed by atoms with Gasteiger partial charge < -0.3 is 9.64 Å². The van der Waals surface area contributed by atoms with Crippen LogP contribution >= 0.6 is 0 Å². The van der Waals surface area contributed by atoms with Crippen LogP contribution in [0.15, 0.2) is 59.2 Å². The van der Waals surface area contributed by atoms with Crippen LogP contribution in [0.2, 0.25) is 0 Å². The molecule has 0 radical (unpaired) electrons. The van der Waals surface area contributed by atoms with Gasteiger partial charge in [0, 0.05) is 24.2 Å². The lowest BCUT2D eigenvalue weighted by Gasteiger charge is -2.15. The van der Waals surface area contributed by atoms with Crippen molar-refractivity contribution < 1.29 is 18.7 Å². The summed E-state index contributed by atoms with van der Waals surface area (Å²) in [7, 11) is 0. The number of cyclic esters (lactones) is 1. The normalized spacial score (nSPS) is 18.4. The lowest BCUT2D eigenvalue weighted by Crippen LogP contribution is -2.23. The van der Waals surface area contributed by atoms with Crippen LogP contribution < -0.4 is 4.90 Å². The van der Waals surface area contributed by atoms with Crippen molar-refractivity contribution in [3.05, 3.63) is 71.2 Å². The van der Waals surface area contributed by atoms with Gasteiger partial charge in [0.2, 0.25) is 11.8 Å². The third-order valence-electron chi connectivity index (χ3n) is 4.29. The number of hydrogen-bond acceptors (Lipinski definition) is 4. The Hall–Kier alpha value is -3.28. The fourth-order valence-electron chi connectivity index (χ4n) is 2.95. The highest BCUT2D eigenvalue weighted by Crippen LogP contribution is 2.24. The number of amides is 1. The molecule has 0 spiro atoms. The predicted molar refractivity (Wildman–Crippen MR) is 95.0 cm³/mol. The highest BCUT2D eigenvalue weighted by atomic mass is 19.1. The molecule has 5 nitrogen and oxygen atoms in total. The fourth-order valence-corrected chi connectivity index (χ4v) is 2.95. The number of ether oxygens (including phenoxy) is 1. The Balaban J connectivity index is 1.57. The molecule has 2 aliphatic rings. The Kier molecular flexibility index (Phi) is 4.08. The van der Waals surface area contributed by atoms with E-state index in [4.69, 9.17) is 4.74 Å². The van der Waals surface area contributed by atoms with E-state index < -0.39 is 5.97 Å². The van der Waals surface area contributed by atoms with E-state index in [2.05, 4.69) is 4.99 Å². The number of nitrogens with zero attached hydrogens (tertiary/aromatic N) is 2. The Morgan fingerprint density at radius 1 is 1.04 bits per heavy atom. The van der Waals surface area contributed by atoms with Gasteiger partial charge in [-0.2, -0.15) is 0 Å². The second kappa shape index (κ2) is 6.55. The summed E-state index contributed by atoms with van der Waals surface area (Å²) in [4.78, 5) is 29.8. The fraction of sp³-hybridized carbons (Fsp3) is 0.150. The molecule has 1 saturated heterocycles. The van der Waals surface area contributed by atoms with Crippen LogP contribution in [0.4, 0.5) is 10.1 Å². The minimum Gasteiger partial charge on any atom is -0.402 e. The average Bonchev–Trinajstić information content (AvgIpc) is 3.23. The van der Waals surface area contributed by atoms with Gasteiger partial charge in [0.1, 0.15) is 5.82 Å². The SMILES string of the molecule is O=C1OC(c2ccc(N3CCCC3=O)cc2)=N/C1=C/c1ccc(F)cc1. The molecule has 6 heteroatoms. The third kappa shape index (κ3) is 3.13. The van der Waals surface area contributed by atoms with E-state index >= 15 is 0 Å². The Morgan fingerprint density at radius 3 is 2.42 bits per heavy atom. The molecule has 2 aliphatic heterocycles. The molecule has 2 heterocycles. The number of halogens is 1. The van der Waals surface area contributed by atoms with Crippen LogP contribution in [-0.2, 0) is 14.3 Å². The quantitative estimate of drug-likeness (QED) is 0.630. The van der Waals surface area contributed by atoms with Crippen LogP contribution in [0, 0.1) is 5.82 Å². The molecule has 0 N–H and O–H groups in total. The van der Waals surface area contributed by atoms with Gasteiger partial charge in [0.25, 0.3) is 0 Å². The first kappa shape index (κ1) is 16.2. The molecule has 4 rings (SSSR count). The zero-order chi connectivity index (χ0) is 18.1. The zero-order valence-corrected chi connectivity index (χ0v) is 13.8. The Bertz CT molecular complexity index is 931. The molecule has 1 fully saturated rings. The van der Waals surface area contributed by atoms with E-state index in [1.165, 1.54) is 12.1 Å². The molecule has 1 amide bonds. The van der Waals surface area contributed by atoms with Crippen LogP contribution in [0.25, 0.3) is 6.08 Å². The summed E-state index contributed by atoms with van der Waals surface area (Å²) in [6.07, 6.45) is 2.98. The van der Waals surface area contributed by atoms with Crippen molar-refractivity contribution in [2.75, 3.05) is 11.4 Å². The summed E-state index contributed by atoms with van der Waals surface area (Å²) >= 11 is 0. The van der Waals surface area contributed by atoms with Crippen molar-refractivity contribution in [2.24, 2.45) is 4.99 Å². The number of carbonyl (C=O) groups is 2. The van der Waals surface area contributed by atoms with Crippen LogP contribution in [0.3, 0.4) is 0 Å². The number of hydrogen-bond donors (Lipinski definition) is 0. The summed E-state index contributed by atoms with van der Waals surface area (Å²) in [5, 5.41) is 0. The van der Waals surface area contributed by atoms with Crippen molar-refractivity contribution in [3.63, 3.8) is 0 Å². The van der Waals surface area contributed by atoms with Crippen LogP contribution in [0.5, 0.6) is 0 Å². The molecule has 0 unspecified atom stereocenters. The predicted octanol–water partition coefficient (Wildman–Crippen LogP) is 3.30. The highest BCUT2D eigenvalue weighted by molar-refractivity contribution is 6.13. The van der Waals surface area contributed by atoms with Gasteiger partial charge in [-0.15, -0.1) is 0 Å². The summed E-state index contributed by atoms with van der Waals surface area (Å²) in [5.74, 6) is -0.570. The standard InChI is InChI=1S/C20H15FN2O3/c21-15-7-3-13(4-8-15)12-17-20(25)26-19(22-17)14-5-9-16(10-6-14)23-11-1-2-18(23)24/h3-10,12H,1-2,11H2/b17-12+. The average molecular weight is 350 g/mol. The Labute approximate surface area is 149 Å². The van der Waals surface area contributed by atoms with Crippen molar-refractivity contribution >= 4 is 29.5 Å². The largest absolute Gasteiger partial charge is 0.402 e. The van der Waals surface area contributed by atoms with E-state index in [1.807, 2.05) is 12.1 Å². The maximum atomic E-state index is 13.0. The van der Waals surface area contributed by atoms with Crippen LogP contribution in [-0.4, -0.2) is 24.3 Å². The summed E-state index contributed by atoms with van der Waals surface area (Å²) in [5.41, 5.74) is 2.29. The van der Waals surface area contributed by atoms with Crippen molar-refractivity contribution in [1.29, 1.82) is 0 Å². The molecule has 0 saturated carbocycles. The third-order valence-corrected chi connectivity index (χ3v) is 4.29. The first-order valence-corrected chi connectivity index (χ1v) is 8.29. The molecule has 0 atom stereocenters. The molecule has 0 aromatic heterocycles. The van der Waals surface area contributed by atoms with Crippen molar-refractivity contribution in [2.45, 2.75) is 12.8 Å². The monoisotopic (exact) mass is 350 g/mol. The first-order valence-electron chi connectivity index (χ1n) is 8.29. The van der Waals surface area contributed by atoms with Crippen molar-refractivity contribution in [3.8, 4) is 0 Å². The van der Waals surface area contributed by atoms with Gasteiger partial charge in [-0.25, -0.2) is 14.2 Å². The topological polar surface area (TPSA) is 59.0 Å². The van der Waals surface area contributed by atoms with Crippen molar-refractivity contribution in [1.82, 2.24) is 0 Å². The maximum Gasteiger partial charge on any atom is 0.363 e. The second-order valence-electron chi connectivity index (χ2n) is 6.08. The summed E-state index contributed by atoms with van der Waals surface area (Å²) in [6.45, 7) is 0.721. The Morgan fingerprint density at radius 2 is 1.77 bits per heavy atom. The molecular formula is C20H15FN2O3. The zero-order valence-electron chi connectivity index (χ0n) is 13.8. The smallest absolute Gasteiger partial charge is 0.363 e. The summed E-state index contributed by atoms with van der Waals surface area (Å²) in [6, 6.07) is 12.9. The molecule has 2 aromatic rings. The van der Waals surface area contributed by atoms with E-state index in [9.17, 15) is 14.0 Å². The molecule has 2 aromatic carbocycles. The number of carbonyl (C=O) groups excluding carboxylic acids is 2. The van der Waals surface area contributed by atoms with Gasteiger partial charge in [-0.05, 0) is 54.5 Å². The minimum absolute atomic E-state index is 0.118. The maximum absolute atomic E-state index is 13.0. The highest BCUT2D eigenvalue weighted by Gasteiger charge is 2.25. The molecule has 130 valence electrons. The second-order valence-corrected chi connectivity index (χ2v) is 6.08. The number of aliphatic imine (C=N–C) groups is 1. The molecule has 26 heavy (non-hydrogen) atoms. The number of esters is 1. The van der Waals surface area contributed by atoms with Gasteiger partial charge in [0.05, 0.1) is 0 Å². The lowest BCUT2D eigenvalue weighted by molar-refractivity contribution is -0.130. The van der Waals surface area contributed by atoms with Gasteiger partial charge in [-0.3, -0.25) is 4.79 Å². The van der Waals surface area contributed by atoms with Gasteiger partial charge >= 0.3 is 5.97 Å². The van der Waals surface area contributed by atoms with E-state index in [-0.39, 0.29) is 23.3 Å². The number of anilines is 1.